The molecule has 0 aliphatic heterocycles. The van der Waals surface area contributed by atoms with Crippen LogP contribution in [0, 0.1) is 13.8 Å². The molecule has 0 aliphatic rings. The Bertz CT molecular complexity index is 639. The van der Waals surface area contributed by atoms with Gasteiger partial charge >= 0.3 is 0 Å². The monoisotopic (exact) mass is 267 g/mol. The molecule has 2 aromatic carbocycles. The van der Waals surface area contributed by atoms with Crippen LogP contribution in [0.15, 0.2) is 42.5 Å². The van der Waals surface area contributed by atoms with E-state index in [0.29, 0.717) is 0 Å². The van der Waals surface area contributed by atoms with Crippen molar-refractivity contribution in [1.29, 1.82) is 0 Å². The van der Waals surface area contributed by atoms with E-state index in [1.807, 2.05) is 26.0 Å². The number of amides is 1. The molecule has 104 valence electrons. The fourth-order valence-corrected chi connectivity index (χ4v) is 2.26. The number of nitrogens with two attached hydrogens (primary N) is 1. The molecule has 2 rings (SSSR count). The van der Waals surface area contributed by atoms with Crippen LogP contribution in [0.25, 0.3) is 11.1 Å². The van der Waals surface area contributed by atoms with E-state index < -0.39 is 5.41 Å². The third-order valence-corrected chi connectivity index (χ3v) is 3.93. The van der Waals surface area contributed by atoms with Gasteiger partial charge in [-0.1, -0.05) is 48.0 Å². The third kappa shape index (κ3) is 2.60. The lowest BCUT2D eigenvalue weighted by atomic mass is 9.83. The second-order valence-electron chi connectivity index (χ2n) is 5.88. The van der Waals surface area contributed by atoms with Crippen molar-refractivity contribution in [3.63, 3.8) is 0 Å². The number of hydrogen-bond donors (Lipinski definition) is 1. The molecule has 2 N–H and O–H groups in total. The summed E-state index contributed by atoms with van der Waals surface area (Å²) < 4.78 is 0. The minimum atomic E-state index is -0.639. The summed E-state index contributed by atoms with van der Waals surface area (Å²) in [4.78, 5) is 11.5. The number of hydrogen-bond acceptors (Lipinski definition) is 1. The standard InChI is InChI=1S/C18H21NO/c1-12-5-6-13(2)16(11-12)14-7-9-15(10-8-14)18(3,4)17(19)20/h5-11H,1-4H3,(H2,19,20). The Morgan fingerprint density at radius 3 is 2.15 bits per heavy atom. The van der Waals surface area contributed by atoms with Gasteiger partial charge in [0, 0.05) is 0 Å². The van der Waals surface area contributed by atoms with Crippen molar-refractivity contribution in [1.82, 2.24) is 0 Å². The maximum absolute atomic E-state index is 11.5. The number of primary amides is 1. The van der Waals surface area contributed by atoms with Crippen molar-refractivity contribution in [2.45, 2.75) is 33.1 Å². The zero-order valence-corrected chi connectivity index (χ0v) is 12.5. The first-order valence-corrected chi connectivity index (χ1v) is 6.80. The van der Waals surface area contributed by atoms with Gasteiger partial charge in [0.1, 0.15) is 0 Å². The molecule has 2 aromatic rings. The van der Waals surface area contributed by atoms with E-state index in [1.54, 1.807) is 0 Å². The van der Waals surface area contributed by atoms with Crippen LogP contribution in [-0.4, -0.2) is 5.91 Å². The Hall–Kier alpha value is -2.09. The topological polar surface area (TPSA) is 43.1 Å². The van der Waals surface area contributed by atoms with Crippen molar-refractivity contribution >= 4 is 5.91 Å². The summed E-state index contributed by atoms with van der Waals surface area (Å²) in [5.74, 6) is -0.308. The molecule has 20 heavy (non-hydrogen) atoms. The van der Waals surface area contributed by atoms with Gasteiger partial charge in [-0.3, -0.25) is 4.79 Å². The molecular weight excluding hydrogens is 246 g/mol. The molecule has 0 saturated heterocycles. The number of carbonyl (C=O) groups excluding carboxylic acids is 1. The lowest BCUT2D eigenvalue weighted by Gasteiger charge is -2.21. The molecule has 0 atom stereocenters. The smallest absolute Gasteiger partial charge is 0.227 e. The average Bonchev–Trinajstić information content (AvgIpc) is 2.41. The zero-order valence-electron chi connectivity index (χ0n) is 12.5. The largest absolute Gasteiger partial charge is 0.369 e. The molecular formula is C18H21NO. The third-order valence-electron chi connectivity index (χ3n) is 3.93. The highest BCUT2D eigenvalue weighted by Crippen LogP contribution is 2.28. The van der Waals surface area contributed by atoms with E-state index in [-0.39, 0.29) is 5.91 Å². The fraction of sp³-hybridized carbons (Fsp3) is 0.278. The molecule has 0 saturated carbocycles. The molecule has 0 heterocycles. The molecule has 0 fully saturated rings. The summed E-state index contributed by atoms with van der Waals surface area (Å²) in [5.41, 5.74) is 10.6. The summed E-state index contributed by atoms with van der Waals surface area (Å²) in [6, 6.07) is 14.5. The van der Waals surface area contributed by atoms with Gasteiger partial charge in [-0.25, -0.2) is 0 Å². The summed E-state index contributed by atoms with van der Waals surface area (Å²) >= 11 is 0. The second-order valence-corrected chi connectivity index (χ2v) is 5.88. The van der Waals surface area contributed by atoms with Crippen molar-refractivity contribution < 1.29 is 4.79 Å². The second kappa shape index (κ2) is 5.12. The van der Waals surface area contributed by atoms with Crippen LogP contribution >= 0.6 is 0 Å². The number of benzene rings is 2. The van der Waals surface area contributed by atoms with Gasteiger partial charge in [-0.2, -0.15) is 0 Å². The van der Waals surface area contributed by atoms with Gasteiger partial charge in [0.2, 0.25) is 5.91 Å². The lowest BCUT2D eigenvalue weighted by molar-refractivity contribution is -0.122. The van der Waals surface area contributed by atoms with Crippen LogP contribution in [0.3, 0.4) is 0 Å². The number of rotatable bonds is 3. The SMILES string of the molecule is Cc1ccc(C)c(-c2ccc(C(C)(C)C(N)=O)cc2)c1. The molecule has 1 amide bonds. The Labute approximate surface area is 120 Å². The Morgan fingerprint density at radius 1 is 1.00 bits per heavy atom. The van der Waals surface area contributed by atoms with Crippen LogP contribution in [-0.2, 0) is 10.2 Å². The van der Waals surface area contributed by atoms with Crippen LogP contribution < -0.4 is 5.73 Å². The first kappa shape index (κ1) is 14.3. The molecule has 2 nitrogen and oxygen atoms in total. The van der Waals surface area contributed by atoms with E-state index in [2.05, 4.69) is 44.2 Å². The summed E-state index contributed by atoms with van der Waals surface area (Å²) in [6.45, 7) is 7.90. The van der Waals surface area contributed by atoms with Gasteiger partial charge in [0.25, 0.3) is 0 Å². The van der Waals surface area contributed by atoms with Crippen molar-refractivity contribution in [3.8, 4) is 11.1 Å². The van der Waals surface area contributed by atoms with E-state index in [0.717, 1.165) is 11.1 Å². The molecule has 0 spiro atoms. The molecule has 0 unspecified atom stereocenters. The van der Waals surface area contributed by atoms with Gasteiger partial charge in [0.15, 0.2) is 0 Å². The molecule has 0 aliphatic carbocycles. The Morgan fingerprint density at radius 2 is 1.60 bits per heavy atom. The van der Waals surface area contributed by atoms with Gasteiger partial charge in [0.05, 0.1) is 5.41 Å². The Balaban J connectivity index is 2.43. The maximum Gasteiger partial charge on any atom is 0.227 e. The first-order chi connectivity index (χ1) is 9.32. The van der Waals surface area contributed by atoms with Crippen molar-refractivity contribution in [3.05, 3.63) is 59.2 Å². The summed E-state index contributed by atoms with van der Waals surface area (Å²) in [7, 11) is 0. The normalized spacial score (nSPS) is 11.4. The van der Waals surface area contributed by atoms with E-state index >= 15 is 0 Å². The van der Waals surface area contributed by atoms with Crippen molar-refractivity contribution in [2.75, 3.05) is 0 Å². The summed E-state index contributed by atoms with van der Waals surface area (Å²) in [5, 5.41) is 0. The molecule has 0 bridgehead atoms. The van der Waals surface area contributed by atoms with Crippen LogP contribution in [0.5, 0.6) is 0 Å². The fourth-order valence-electron chi connectivity index (χ4n) is 2.26. The van der Waals surface area contributed by atoms with Crippen LogP contribution in [0.2, 0.25) is 0 Å². The van der Waals surface area contributed by atoms with Crippen molar-refractivity contribution in [2.24, 2.45) is 5.73 Å². The predicted octanol–water partition coefficient (Wildman–Crippen LogP) is 3.73. The number of aryl methyl sites for hydroxylation is 2. The highest BCUT2D eigenvalue weighted by atomic mass is 16.1. The maximum atomic E-state index is 11.5. The minimum Gasteiger partial charge on any atom is -0.369 e. The summed E-state index contributed by atoms with van der Waals surface area (Å²) in [6.07, 6.45) is 0. The highest BCUT2D eigenvalue weighted by Gasteiger charge is 2.26. The first-order valence-electron chi connectivity index (χ1n) is 6.80. The predicted molar refractivity (Wildman–Crippen MR) is 83.6 cm³/mol. The lowest BCUT2D eigenvalue weighted by Crippen LogP contribution is -2.35. The zero-order chi connectivity index (χ0) is 14.9. The van der Waals surface area contributed by atoms with E-state index in [1.165, 1.54) is 16.7 Å². The number of carbonyl (C=O) groups is 1. The van der Waals surface area contributed by atoms with Crippen LogP contribution in [0.1, 0.15) is 30.5 Å². The average molecular weight is 267 g/mol. The van der Waals surface area contributed by atoms with Gasteiger partial charge < -0.3 is 5.73 Å². The van der Waals surface area contributed by atoms with E-state index in [9.17, 15) is 4.79 Å². The van der Waals surface area contributed by atoms with Gasteiger partial charge in [-0.15, -0.1) is 0 Å². The molecule has 2 heteroatoms. The van der Waals surface area contributed by atoms with E-state index in [4.69, 9.17) is 5.73 Å². The Kier molecular flexibility index (Phi) is 3.67. The minimum absolute atomic E-state index is 0.308. The van der Waals surface area contributed by atoms with Gasteiger partial charge in [-0.05, 0) is 49.9 Å². The highest BCUT2D eigenvalue weighted by molar-refractivity contribution is 5.86. The molecule has 0 radical (unpaired) electrons. The van der Waals surface area contributed by atoms with Crippen LogP contribution in [0.4, 0.5) is 0 Å². The quantitative estimate of drug-likeness (QED) is 0.904. The molecule has 0 aromatic heterocycles.